The summed E-state index contributed by atoms with van der Waals surface area (Å²) in [5.41, 5.74) is 1.42. The molecule has 2 rings (SSSR count). The van der Waals surface area contributed by atoms with Crippen molar-refractivity contribution in [2.75, 3.05) is 13.2 Å². The van der Waals surface area contributed by atoms with Crippen LogP contribution >= 0.6 is 33.2 Å². The first-order valence-corrected chi connectivity index (χ1v) is 15.1. The normalized spacial score (nSPS) is 20.9. The van der Waals surface area contributed by atoms with Gasteiger partial charge in [0, 0.05) is 6.61 Å². The van der Waals surface area contributed by atoms with Crippen LogP contribution in [-0.2, 0) is 4.74 Å². The predicted molar refractivity (Wildman–Crippen MR) is 115 cm³/mol. The van der Waals surface area contributed by atoms with Gasteiger partial charge >= 0.3 is 6.00 Å². The van der Waals surface area contributed by atoms with E-state index in [-0.39, 0.29) is 0 Å². The molecule has 0 radical (unpaired) electrons. The van der Waals surface area contributed by atoms with Crippen molar-refractivity contribution in [2.45, 2.75) is 76.4 Å². The molecule has 6 heteroatoms. The van der Waals surface area contributed by atoms with Gasteiger partial charge in [-0.2, -0.15) is 0 Å². The van der Waals surface area contributed by atoms with Gasteiger partial charge in [0.15, 0.2) is 0 Å². The van der Waals surface area contributed by atoms with Crippen molar-refractivity contribution in [2.24, 2.45) is 0 Å². The topological polar surface area (TPSA) is 18.5 Å². The molecule has 0 unspecified atom stereocenters. The number of hydrogen-bond donors (Lipinski definition) is 0. The summed E-state index contributed by atoms with van der Waals surface area (Å²) in [6, 6.07) is 6.88. The zero-order valence-electron chi connectivity index (χ0n) is 15.7. The number of ether oxygens (including phenoxy) is 2. The Kier molecular flexibility index (Phi) is 10.2. The van der Waals surface area contributed by atoms with Crippen LogP contribution in [0.4, 0.5) is 0 Å². The maximum Gasteiger partial charge on any atom is 0.341 e. The van der Waals surface area contributed by atoms with E-state index < -0.39 is 6.00 Å². The number of halogens is 3. The minimum absolute atomic E-state index is 0.365. The minimum Gasteiger partial charge on any atom is -0.494 e. The second-order valence-corrected chi connectivity index (χ2v) is 16.5. The van der Waals surface area contributed by atoms with Gasteiger partial charge in [-0.05, 0) is 68.2 Å². The van der Waals surface area contributed by atoms with Crippen molar-refractivity contribution in [1.29, 1.82) is 0 Å². The molecule has 1 aromatic carbocycles. The van der Waals surface area contributed by atoms with Gasteiger partial charge < -0.3 is 9.47 Å². The third-order valence-corrected chi connectivity index (χ3v) is 7.62. The Bertz CT molecular complexity index is 497. The summed E-state index contributed by atoms with van der Waals surface area (Å²) < 4.78 is 11.8. The molecule has 1 saturated carbocycles. The van der Waals surface area contributed by atoms with Gasteiger partial charge in [-0.15, -0.1) is 33.2 Å². The van der Waals surface area contributed by atoms with E-state index in [1.807, 2.05) is 0 Å². The van der Waals surface area contributed by atoms with Gasteiger partial charge in [-0.1, -0.05) is 31.9 Å². The second-order valence-electron chi connectivity index (χ2n) is 7.19. The van der Waals surface area contributed by atoms with E-state index in [9.17, 15) is 0 Å². The summed E-state index contributed by atoms with van der Waals surface area (Å²) >= 11 is 17.7. The number of unbranched alkanes of at least 4 members (excludes halogenated alkanes) is 2. The van der Waals surface area contributed by atoms with Crippen LogP contribution < -0.4 is 4.74 Å². The molecule has 148 valence electrons. The van der Waals surface area contributed by atoms with Crippen LogP contribution in [0, 0.1) is 0 Å². The lowest BCUT2D eigenvalue weighted by molar-refractivity contribution is 0.0251. The van der Waals surface area contributed by atoms with Gasteiger partial charge in [0.1, 0.15) is 5.75 Å². The Morgan fingerprint density at radius 2 is 1.62 bits per heavy atom. The molecule has 1 fully saturated rings. The van der Waals surface area contributed by atoms with E-state index >= 15 is 0 Å². The van der Waals surface area contributed by atoms with Gasteiger partial charge in [0.2, 0.25) is 0 Å². The molecule has 1 aliphatic carbocycles. The molecule has 2 nitrogen and oxygen atoms in total. The molecule has 0 bridgehead atoms. The van der Waals surface area contributed by atoms with Crippen molar-refractivity contribution in [3.05, 3.63) is 29.8 Å². The average Bonchev–Trinajstić information content (AvgIpc) is 2.63. The highest BCUT2D eigenvalue weighted by Crippen LogP contribution is 2.35. The molecule has 0 amide bonds. The molecular weight excluding hydrogens is 407 g/mol. The highest BCUT2D eigenvalue weighted by Gasteiger charge is 2.25. The first-order chi connectivity index (χ1) is 12.5. The van der Waals surface area contributed by atoms with Crippen LogP contribution in [0.1, 0.15) is 69.8 Å². The van der Waals surface area contributed by atoms with Crippen LogP contribution in [0.3, 0.4) is 0 Å². The number of benzene rings is 1. The summed E-state index contributed by atoms with van der Waals surface area (Å²) in [5.74, 6) is 1.62. The SMILES string of the molecule is CCCCCOc1ccc(C2CCC(OCCC[Si](Cl)(Cl)Cl)CC2)cc1. The minimum atomic E-state index is -2.49. The molecule has 0 N–H and O–H groups in total. The van der Waals surface area contributed by atoms with Gasteiger partial charge in [-0.25, -0.2) is 0 Å². The van der Waals surface area contributed by atoms with Crippen molar-refractivity contribution >= 4 is 39.2 Å². The van der Waals surface area contributed by atoms with Crippen LogP contribution in [0.2, 0.25) is 6.04 Å². The third-order valence-electron chi connectivity index (χ3n) is 5.00. The molecular formula is C20H31Cl3O2Si. The molecule has 0 heterocycles. The predicted octanol–water partition coefficient (Wildman–Crippen LogP) is 7.34. The van der Waals surface area contributed by atoms with E-state index in [1.54, 1.807) is 0 Å². The fraction of sp³-hybridized carbons (Fsp3) is 0.700. The van der Waals surface area contributed by atoms with Gasteiger partial charge in [-0.3, -0.25) is 0 Å². The van der Waals surface area contributed by atoms with Crippen LogP contribution in [0.25, 0.3) is 0 Å². The Morgan fingerprint density at radius 1 is 0.923 bits per heavy atom. The summed E-state index contributed by atoms with van der Waals surface area (Å²) in [7, 11) is 0. The van der Waals surface area contributed by atoms with Crippen molar-refractivity contribution in [3.8, 4) is 5.75 Å². The Morgan fingerprint density at radius 3 is 2.23 bits per heavy atom. The first kappa shape index (κ1) is 22.4. The van der Waals surface area contributed by atoms with Crippen molar-refractivity contribution < 1.29 is 9.47 Å². The smallest absolute Gasteiger partial charge is 0.341 e. The van der Waals surface area contributed by atoms with Gasteiger partial charge in [0.05, 0.1) is 12.7 Å². The Labute approximate surface area is 173 Å². The molecule has 0 aromatic heterocycles. The lowest BCUT2D eigenvalue weighted by Crippen LogP contribution is -2.22. The Balaban J connectivity index is 1.65. The fourth-order valence-electron chi connectivity index (χ4n) is 3.46. The lowest BCUT2D eigenvalue weighted by atomic mass is 9.83. The number of rotatable bonds is 11. The van der Waals surface area contributed by atoms with Crippen LogP contribution in [0.15, 0.2) is 24.3 Å². The molecule has 26 heavy (non-hydrogen) atoms. The second kappa shape index (κ2) is 11.8. The van der Waals surface area contributed by atoms with E-state index in [1.165, 1.54) is 31.2 Å². The molecule has 1 aromatic rings. The maximum atomic E-state index is 5.97. The standard InChI is InChI=1S/C20H31Cl3O2Si/c1-2-3-4-14-24-19-10-6-17(7-11-19)18-8-12-20(13-9-18)25-15-5-16-26(21,22)23/h6-7,10-11,18,20H,2-5,8-9,12-16H2,1H3. The summed E-state index contributed by atoms with van der Waals surface area (Å²) in [4.78, 5) is 0. The van der Waals surface area contributed by atoms with Crippen molar-refractivity contribution in [1.82, 2.24) is 0 Å². The van der Waals surface area contributed by atoms with Gasteiger partial charge in [0.25, 0.3) is 0 Å². The maximum absolute atomic E-state index is 5.97. The summed E-state index contributed by atoms with van der Waals surface area (Å²) in [6.07, 6.45) is 9.40. The molecule has 0 spiro atoms. The molecule has 0 aliphatic heterocycles. The average molecular weight is 438 g/mol. The number of hydrogen-bond acceptors (Lipinski definition) is 2. The monoisotopic (exact) mass is 436 g/mol. The Hall–Kier alpha value is 0.0669. The highest BCUT2D eigenvalue weighted by molar-refractivity contribution is 7.64. The zero-order chi connectivity index (χ0) is 18.8. The quantitative estimate of drug-likeness (QED) is 0.205. The van der Waals surface area contributed by atoms with E-state index in [0.717, 1.165) is 38.0 Å². The van der Waals surface area contributed by atoms with E-state index in [4.69, 9.17) is 42.7 Å². The molecule has 0 atom stereocenters. The molecule has 0 saturated heterocycles. The lowest BCUT2D eigenvalue weighted by Gasteiger charge is -2.29. The third kappa shape index (κ3) is 8.84. The highest BCUT2D eigenvalue weighted by atomic mass is 35.8. The summed E-state index contributed by atoms with van der Waals surface area (Å²) in [5, 5.41) is 0. The van der Waals surface area contributed by atoms with E-state index in [0.29, 0.717) is 24.7 Å². The van der Waals surface area contributed by atoms with Crippen molar-refractivity contribution in [3.63, 3.8) is 0 Å². The largest absolute Gasteiger partial charge is 0.494 e. The van der Waals surface area contributed by atoms with Crippen LogP contribution in [0.5, 0.6) is 5.75 Å². The summed E-state index contributed by atoms with van der Waals surface area (Å²) in [6.45, 7) is 3.73. The fourth-order valence-corrected chi connectivity index (χ4v) is 5.21. The van der Waals surface area contributed by atoms with E-state index in [2.05, 4.69) is 31.2 Å². The zero-order valence-corrected chi connectivity index (χ0v) is 19.0. The first-order valence-electron chi connectivity index (χ1n) is 9.89. The van der Waals surface area contributed by atoms with Crippen LogP contribution in [-0.4, -0.2) is 25.3 Å². The molecule has 1 aliphatic rings.